The third-order valence-electron chi connectivity index (χ3n) is 5.72. The van der Waals surface area contributed by atoms with E-state index in [9.17, 15) is 0 Å². The van der Waals surface area contributed by atoms with Gasteiger partial charge in [0.2, 0.25) is 0 Å². The smallest absolute Gasteiger partial charge is 0.0704 e. The van der Waals surface area contributed by atoms with E-state index in [-0.39, 0.29) is 0 Å². The predicted octanol–water partition coefficient (Wildman–Crippen LogP) is 9.86. The average Bonchev–Trinajstić information content (AvgIpc) is 2.75. The van der Waals surface area contributed by atoms with E-state index in [2.05, 4.69) is 91.8 Å². The van der Waals surface area contributed by atoms with Crippen molar-refractivity contribution in [2.45, 2.75) is 107 Å². The zero-order valence-corrected chi connectivity index (χ0v) is 23.8. The molecule has 0 spiro atoms. The van der Waals surface area contributed by atoms with E-state index < -0.39 is 0 Å². The van der Waals surface area contributed by atoms with Gasteiger partial charge in [0.15, 0.2) is 0 Å². The molecule has 0 bridgehead atoms. The summed E-state index contributed by atoms with van der Waals surface area (Å²) >= 11 is 0. The summed E-state index contributed by atoms with van der Waals surface area (Å²) in [5, 5.41) is 0. The van der Waals surface area contributed by atoms with Crippen LogP contribution in [0.2, 0.25) is 0 Å². The van der Waals surface area contributed by atoms with Crippen LogP contribution in [-0.4, -0.2) is 26.4 Å². The van der Waals surface area contributed by atoms with E-state index in [0.29, 0.717) is 26.4 Å². The van der Waals surface area contributed by atoms with Gasteiger partial charge in [-0.05, 0) is 107 Å². The van der Waals surface area contributed by atoms with Crippen molar-refractivity contribution in [2.24, 2.45) is 0 Å². The Balaban J connectivity index is 3.81. The van der Waals surface area contributed by atoms with Gasteiger partial charge in [-0.15, -0.1) is 0 Å². The minimum atomic E-state index is 0.646. The Kier molecular flexibility index (Phi) is 20.8. The maximum atomic E-state index is 5.70. The number of allylic oxidation sites excluding steroid dienone is 10. The molecule has 194 valence electrons. The fourth-order valence-corrected chi connectivity index (χ4v) is 3.36. The fraction of sp³-hybridized carbons (Fsp3) is 0.625. The lowest BCUT2D eigenvalue weighted by atomic mass is 10.1. The Hall–Kier alpha value is -1.64. The monoisotopic (exact) mass is 470 g/mol. The largest absolute Gasteiger partial charge is 0.375 e. The molecule has 0 aliphatic rings. The van der Waals surface area contributed by atoms with Gasteiger partial charge in [0.1, 0.15) is 0 Å². The van der Waals surface area contributed by atoms with E-state index in [4.69, 9.17) is 9.47 Å². The number of hydrogen-bond donors (Lipinski definition) is 0. The Labute approximate surface area is 212 Å². The van der Waals surface area contributed by atoms with Crippen molar-refractivity contribution in [2.75, 3.05) is 26.4 Å². The van der Waals surface area contributed by atoms with Crippen LogP contribution in [0.4, 0.5) is 0 Å². The van der Waals surface area contributed by atoms with Gasteiger partial charge in [0.25, 0.3) is 0 Å². The summed E-state index contributed by atoms with van der Waals surface area (Å²) in [5.41, 5.74) is 8.59. The van der Waals surface area contributed by atoms with Gasteiger partial charge < -0.3 is 9.47 Å². The van der Waals surface area contributed by atoms with Crippen LogP contribution < -0.4 is 0 Å². The maximum Gasteiger partial charge on any atom is 0.0704 e. The van der Waals surface area contributed by atoms with E-state index in [1.807, 2.05) is 0 Å². The van der Waals surface area contributed by atoms with Crippen LogP contribution in [-0.2, 0) is 9.47 Å². The second-order valence-electron chi connectivity index (χ2n) is 10.1. The summed E-state index contributed by atoms with van der Waals surface area (Å²) in [6.07, 6.45) is 22.9. The van der Waals surface area contributed by atoms with Gasteiger partial charge in [-0.1, -0.05) is 69.9 Å². The topological polar surface area (TPSA) is 18.5 Å². The van der Waals surface area contributed by atoms with Gasteiger partial charge in [0, 0.05) is 0 Å². The molecule has 0 heterocycles. The minimum absolute atomic E-state index is 0.646. The van der Waals surface area contributed by atoms with E-state index in [0.717, 1.165) is 38.5 Å². The van der Waals surface area contributed by atoms with Crippen LogP contribution in [0.25, 0.3) is 0 Å². The predicted molar refractivity (Wildman–Crippen MR) is 152 cm³/mol. The first-order chi connectivity index (χ1) is 16.2. The molecule has 0 aromatic rings. The molecule has 2 nitrogen and oxygen atoms in total. The van der Waals surface area contributed by atoms with Crippen molar-refractivity contribution >= 4 is 0 Å². The Morgan fingerprint density at radius 2 is 0.706 bits per heavy atom. The number of ether oxygens (including phenoxy) is 2. The van der Waals surface area contributed by atoms with Crippen molar-refractivity contribution in [1.29, 1.82) is 0 Å². The van der Waals surface area contributed by atoms with Crippen molar-refractivity contribution in [3.05, 3.63) is 69.9 Å². The summed E-state index contributed by atoms with van der Waals surface area (Å²) < 4.78 is 11.4. The second kappa shape index (κ2) is 21.9. The van der Waals surface area contributed by atoms with E-state index in [1.165, 1.54) is 46.3 Å². The first-order valence-corrected chi connectivity index (χ1v) is 13.3. The third-order valence-corrected chi connectivity index (χ3v) is 5.72. The van der Waals surface area contributed by atoms with Crippen molar-refractivity contribution in [3.63, 3.8) is 0 Å². The second-order valence-corrected chi connectivity index (χ2v) is 10.1. The molecule has 0 radical (unpaired) electrons. The van der Waals surface area contributed by atoms with Crippen molar-refractivity contribution < 1.29 is 9.47 Å². The molecule has 2 heteroatoms. The molecule has 0 aromatic carbocycles. The fourth-order valence-electron chi connectivity index (χ4n) is 3.36. The lowest BCUT2D eigenvalue weighted by molar-refractivity contribution is 0.0704. The maximum absolute atomic E-state index is 5.70. The number of hydrogen-bond acceptors (Lipinski definition) is 2. The highest BCUT2D eigenvalue weighted by Crippen LogP contribution is 2.12. The quantitative estimate of drug-likeness (QED) is 0.138. The molecule has 0 amide bonds. The summed E-state index contributed by atoms with van der Waals surface area (Å²) in [7, 11) is 0. The van der Waals surface area contributed by atoms with Gasteiger partial charge in [-0.2, -0.15) is 0 Å². The highest BCUT2D eigenvalue weighted by molar-refractivity contribution is 5.06. The highest BCUT2D eigenvalue weighted by Gasteiger charge is 1.94. The van der Waals surface area contributed by atoms with Gasteiger partial charge in [0.05, 0.1) is 26.4 Å². The summed E-state index contributed by atoms with van der Waals surface area (Å²) in [6, 6.07) is 0. The van der Waals surface area contributed by atoms with Crippen molar-refractivity contribution in [1.82, 2.24) is 0 Å². The standard InChI is InChI=1S/C32H54O2/c1-27(2)13-9-15-29(5)17-11-19-31(7)21-23-33-25-26-34-24-22-32(8)20-12-18-30(6)16-10-14-28(3)4/h13-14,17-18,21-22H,9-12,15-16,19-20,23-26H2,1-8H3/b29-17+,30-18+,31-21+,32-22+. The molecule has 0 saturated heterocycles. The summed E-state index contributed by atoms with van der Waals surface area (Å²) in [4.78, 5) is 0. The molecule has 0 fully saturated rings. The zero-order chi connectivity index (χ0) is 25.6. The molecule has 0 unspecified atom stereocenters. The minimum Gasteiger partial charge on any atom is -0.375 e. The summed E-state index contributed by atoms with van der Waals surface area (Å²) in [5.74, 6) is 0. The molecular formula is C32H54O2. The van der Waals surface area contributed by atoms with Gasteiger partial charge in [-0.3, -0.25) is 0 Å². The lowest BCUT2D eigenvalue weighted by Gasteiger charge is -2.05. The molecule has 0 saturated carbocycles. The Morgan fingerprint density at radius 3 is 1.03 bits per heavy atom. The molecule has 0 rings (SSSR count). The van der Waals surface area contributed by atoms with Crippen LogP contribution in [0.5, 0.6) is 0 Å². The van der Waals surface area contributed by atoms with Crippen LogP contribution >= 0.6 is 0 Å². The molecule has 34 heavy (non-hydrogen) atoms. The van der Waals surface area contributed by atoms with Crippen LogP contribution in [0.1, 0.15) is 107 Å². The molecular weight excluding hydrogens is 416 g/mol. The Morgan fingerprint density at radius 1 is 0.412 bits per heavy atom. The van der Waals surface area contributed by atoms with Crippen LogP contribution in [0.15, 0.2) is 69.9 Å². The normalized spacial score (nSPS) is 13.3. The van der Waals surface area contributed by atoms with E-state index >= 15 is 0 Å². The molecule has 0 N–H and O–H groups in total. The SMILES string of the molecule is CC(C)=CCC/C(C)=C/CC/C(C)=C/COCCOC/C=C(\C)CC/C=C(\C)CCC=C(C)C. The van der Waals surface area contributed by atoms with Gasteiger partial charge >= 0.3 is 0 Å². The number of rotatable bonds is 19. The van der Waals surface area contributed by atoms with Crippen LogP contribution in [0.3, 0.4) is 0 Å². The first-order valence-electron chi connectivity index (χ1n) is 13.3. The molecule has 0 atom stereocenters. The van der Waals surface area contributed by atoms with E-state index in [1.54, 1.807) is 0 Å². The average molecular weight is 471 g/mol. The van der Waals surface area contributed by atoms with Crippen molar-refractivity contribution in [3.8, 4) is 0 Å². The first kappa shape index (κ1) is 32.4. The molecule has 0 aliphatic heterocycles. The third kappa shape index (κ3) is 23.5. The van der Waals surface area contributed by atoms with Gasteiger partial charge in [-0.25, -0.2) is 0 Å². The molecule has 0 aliphatic carbocycles. The van der Waals surface area contributed by atoms with Crippen LogP contribution in [0, 0.1) is 0 Å². The lowest BCUT2D eigenvalue weighted by Crippen LogP contribution is -2.04. The zero-order valence-electron chi connectivity index (χ0n) is 23.8. The summed E-state index contributed by atoms with van der Waals surface area (Å²) in [6.45, 7) is 20.2. The Bertz CT molecular complexity index is 643. The highest BCUT2D eigenvalue weighted by atomic mass is 16.5. The molecule has 0 aromatic heterocycles.